The summed E-state index contributed by atoms with van der Waals surface area (Å²) in [5, 5.41) is 0. The summed E-state index contributed by atoms with van der Waals surface area (Å²) in [6, 6.07) is 18.5. The van der Waals surface area contributed by atoms with Crippen LogP contribution >= 0.6 is 0 Å². The molecule has 162 valence electrons. The van der Waals surface area contributed by atoms with E-state index in [0.29, 0.717) is 25.5 Å². The lowest BCUT2D eigenvalue weighted by atomic mass is 10.0. The van der Waals surface area contributed by atoms with Crippen molar-refractivity contribution in [2.24, 2.45) is 4.99 Å². The van der Waals surface area contributed by atoms with Crippen molar-refractivity contribution in [3.8, 4) is 0 Å². The zero-order valence-corrected chi connectivity index (χ0v) is 18.5. The minimum atomic E-state index is -0.0630. The van der Waals surface area contributed by atoms with E-state index >= 15 is 0 Å². The number of carbonyl (C=O) groups excluding carboxylic acids is 1. The molecule has 1 atom stereocenters. The third-order valence-corrected chi connectivity index (χ3v) is 5.86. The highest BCUT2D eigenvalue weighted by Gasteiger charge is 2.38. The van der Waals surface area contributed by atoms with Crippen molar-refractivity contribution >= 4 is 17.8 Å². The van der Waals surface area contributed by atoms with Crippen molar-refractivity contribution in [1.82, 2.24) is 9.80 Å². The number of hydrogen-bond donors (Lipinski definition) is 0. The van der Waals surface area contributed by atoms with Crippen LogP contribution in [0.4, 0.5) is 0 Å². The molecule has 0 N–H and O–H groups in total. The number of amides is 1. The monoisotopic (exact) mass is 417 g/mol. The summed E-state index contributed by atoms with van der Waals surface area (Å²) in [6.45, 7) is 7.98. The Labute approximate surface area is 185 Å². The number of aliphatic imine (C=N–C) groups is 1. The van der Waals surface area contributed by atoms with Gasteiger partial charge in [0.2, 0.25) is 0 Å². The number of rotatable bonds is 7. The van der Waals surface area contributed by atoms with Gasteiger partial charge in [-0.2, -0.15) is 0 Å². The average Bonchev–Trinajstić information content (AvgIpc) is 3.10. The first-order chi connectivity index (χ1) is 15.2. The molecule has 0 aliphatic carbocycles. The van der Waals surface area contributed by atoms with Gasteiger partial charge in [-0.15, -0.1) is 0 Å². The van der Waals surface area contributed by atoms with Crippen LogP contribution in [0.1, 0.15) is 42.5 Å². The molecule has 0 bridgehead atoms. The van der Waals surface area contributed by atoms with Gasteiger partial charge in [-0.05, 0) is 30.5 Å². The van der Waals surface area contributed by atoms with E-state index in [1.807, 2.05) is 41.3 Å². The second-order valence-corrected chi connectivity index (χ2v) is 8.18. The first-order valence-corrected chi connectivity index (χ1v) is 11.2. The van der Waals surface area contributed by atoms with Crippen LogP contribution in [0, 0.1) is 6.92 Å². The number of carbonyl (C=O) groups is 1. The maximum atomic E-state index is 13.4. The van der Waals surface area contributed by atoms with Gasteiger partial charge in [-0.25, -0.2) is 4.99 Å². The number of nitrogens with zero attached hydrogens (tertiary/aromatic N) is 3. The Kier molecular flexibility index (Phi) is 6.95. The highest BCUT2D eigenvalue weighted by atomic mass is 16.5. The fourth-order valence-electron chi connectivity index (χ4n) is 4.12. The van der Waals surface area contributed by atoms with Crippen LogP contribution in [0.5, 0.6) is 0 Å². The molecule has 31 heavy (non-hydrogen) atoms. The molecule has 2 aliphatic heterocycles. The van der Waals surface area contributed by atoms with Crippen LogP contribution < -0.4 is 0 Å². The first kappa shape index (κ1) is 21.5. The van der Waals surface area contributed by atoms with Gasteiger partial charge in [0, 0.05) is 19.6 Å². The number of aryl methyl sites for hydroxylation is 1. The maximum absolute atomic E-state index is 13.4. The molecule has 1 amide bonds. The van der Waals surface area contributed by atoms with E-state index in [4.69, 9.17) is 9.73 Å². The number of benzene rings is 2. The largest absolute Gasteiger partial charge is 0.379 e. The van der Waals surface area contributed by atoms with Gasteiger partial charge in [0.05, 0.1) is 19.3 Å². The molecule has 0 spiro atoms. The molecule has 2 aliphatic rings. The average molecular weight is 418 g/mol. The molecule has 2 aromatic rings. The Balaban J connectivity index is 1.76. The quantitative estimate of drug-likeness (QED) is 0.625. The molecule has 0 saturated carbocycles. The van der Waals surface area contributed by atoms with Crippen molar-refractivity contribution in [3.05, 3.63) is 77.0 Å². The van der Waals surface area contributed by atoms with Crippen LogP contribution in [0.2, 0.25) is 0 Å². The Morgan fingerprint density at radius 1 is 1.06 bits per heavy atom. The van der Waals surface area contributed by atoms with Gasteiger partial charge >= 0.3 is 0 Å². The molecule has 1 unspecified atom stereocenters. The fourth-order valence-corrected chi connectivity index (χ4v) is 4.12. The number of ether oxygens (including phenoxy) is 1. The Bertz CT molecular complexity index is 944. The summed E-state index contributed by atoms with van der Waals surface area (Å²) in [5.41, 5.74) is 3.90. The number of hydrogen-bond acceptors (Lipinski definition) is 4. The van der Waals surface area contributed by atoms with Crippen LogP contribution in [0.15, 0.2) is 65.3 Å². The van der Waals surface area contributed by atoms with E-state index < -0.39 is 0 Å². The predicted molar refractivity (Wildman–Crippen MR) is 125 cm³/mol. The Morgan fingerprint density at radius 2 is 1.77 bits per heavy atom. The SMILES string of the molecule is CCCCN1C(=O)/C(=C/c2ccccc2)N=C1C(c1ccc(C)cc1)N1CCOCC1. The Morgan fingerprint density at radius 3 is 2.45 bits per heavy atom. The molecule has 2 aromatic carbocycles. The molecule has 5 nitrogen and oxygen atoms in total. The number of morpholine rings is 1. The highest BCUT2D eigenvalue weighted by Crippen LogP contribution is 2.31. The molecule has 0 radical (unpaired) electrons. The fraction of sp³-hybridized carbons (Fsp3) is 0.385. The number of unbranched alkanes of at least 4 members (excludes halogenated alkanes) is 1. The van der Waals surface area contributed by atoms with Gasteiger partial charge in [0.25, 0.3) is 5.91 Å². The van der Waals surface area contributed by atoms with Gasteiger partial charge < -0.3 is 4.74 Å². The predicted octanol–water partition coefficient (Wildman–Crippen LogP) is 4.45. The van der Waals surface area contributed by atoms with Crippen molar-refractivity contribution in [1.29, 1.82) is 0 Å². The molecular weight excluding hydrogens is 386 g/mol. The third kappa shape index (κ3) is 4.94. The van der Waals surface area contributed by atoms with E-state index in [-0.39, 0.29) is 11.9 Å². The van der Waals surface area contributed by atoms with Crippen LogP contribution in [0.3, 0.4) is 0 Å². The summed E-state index contributed by atoms with van der Waals surface area (Å²) >= 11 is 0. The smallest absolute Gasteiger partial charge is 0.277 e. The lowest BCUT2D eigenvalue weighted by molar-refractivity contribution is -0.122. The van der Waals surface area contributed by atoms with Crippen molar-refractivity contribution in [2.75, 3.05) is 32.8 Å². The van der Waals surface area contributed by atoms with E-state index in [9.17, 15) is 4.79 Å². The standard InChI is InChI=1S/C26H31N3O2/c1-3-4-14-29-25(27-23(26(29)30)19-21-8-6-5-7-9-21)24(28-15-17-31-18-16-28)22-12-10-20(2)11-13-22/h5-13,19,24H,3-4,14-18H2,1-2H3/b23-19-. The molecule has 4 rings (SSSR count). The lowest BCUT2D eigenvalue weighted by Gasteiger charge is -2.36. The van der Waals surface area contributed by atoms with Crippen LogP contribution in [0.25, 0.3) is 6.08 Å². The van der Waals surface area contributed by atoms with E-state index in [1.54, 1.807) is 0 Å². The second kappa shape index (κ2) is 10.0. The Hall–Kier alpha value is -2.76. The molecule has 1 fully saturated rings. The minimum Gasteiger partial charge on any atom is -0.379 e. The van der Waals surface area contributed by atoms with Crippen LogP contribution in [-0.4, -0.2) is 54.4 Å². The molecule has 5 heteroatoms. The highest BCUT2D eigenvalue weighted by molar-refractivity contribution is 6.16. The summed E-state index contributed by atoms with van der Waals surface area (Å²) in [4.78, 5) is 22.6. The molecular formula is C26H31N3O2. The zero-order chi connectivity index (χ0) is 21.6. The summed E-state index contributed by atoms with van der Waals surface area (Å²) in [5.74, 6) is 0.837. The van der Waals surface area contributed by atoms with E-state index in [2.05, 4.69) is 43.0 Å². The van der Waals surface area contributed by atoms with Gasteiger partial charge in [-0.3, -0.25) is 14.6 Å². The van der Waals surface area contributed by atoms with Crippen molar-refractivity contribution < 1.29 is 9.53 Å². The van der Waals surface area contributed by atoms with Gasteiger partial charge in [-0.1, -0.05) is 73.5 Å². The summed E-state index contributed by atoms with van der Waals surface area (Å²) in [7, 11) is 0. The van der Waals surface area contributed by atoms with E-state index in [1.165, 1.54) is 11.1 Å². The lowest BCUT2D eigenvalue weighted by Crippen LogP contribution is -2.47. The second-order valence-electron chi connectivity index (χ2n) is 8.18. The molecule has 1 saturated heterocycles. The normalized spacial score (nSPS) is 19.7. The number of amidine groups is 1. The topological polar surface area (TPSA) is 45.1 Å². The van der Waals surface area contributed by atoms with Gasteiger partial charge in [0.15, 0.2) is 0 Å². The van der Waals surface area contributed by atoms with E-state index in [0.717, 1.165) is 37.3 Å². The van der Waals surface area contributed by atoms with Gasteiger partial charge in [0.1, 0.15) is 11.5 Å². The third-order valence-electron chi connectivity index (χ3n) is 5.86. The molecule has 0 aromatic heterocycles. The maximum Gasteiger partial charge on any atom is 0.277 e. The first-order valence-electron chi connectivity index (χ1n) is 11.2. The van der Waals surface area contributed by atoms with Crippen molar-refractivity contribution in [3.63, 3.8) is 0 Å². The zero-order valence-electron chi connectivity index (χ0n) is 18.5. The van der Waals surface area contributed by atoms with Crippen LogP contribution in [-0.2, 0) is 9.53 Å². The minimum absolute atomic E-state index is 0.00215. The van der Waals surface area contributed by atoms with Crippen molar-refractivity contribution in [2.45, 2.75) is 32.7 Å². The summed E-state index contributed by atoms with van der Waals surface area (Å²) in [6.07, 6.45) is 3.88. The molecule has 2 heterocycles. The summed E-state index contributed by atoms with van der Waals surface area (Å²) < 4.78 is 5.61.